The number of thiazole rings is 1. The van der Waals surface area contributed by atoms with Gasteiger partial charge in [0.1, 0.15) is 5.75 Å². The molecular formula is C22H22BrN3OS. The molecule has 0 spiro atoms. The van der Waals surface area contributed by atoms with Crippen LogP contribution in [0.25, 0.3) is 17.3 Å². The molecule has 0 aliphatic carbocycles. The molecule has 0 saturated carbocycles. The van der Waals surface area contributed by atoms with E-state index in [4.69, 9.17) is 9.73 Å². The summed E-state index contributed by atoms with van der Waals surface area (Å²) in [4.78, 5) is 5.57. The van der Waals surface area contributed by atoms with Crippen LogP contribution in [0.4, 0.5) is 0 Å². The van der Waals surface area contributed by atoms with E-state index in [1.807, 2.05) is 53.2 Å². The summed E-state index contributed by atoms with van der Waals surface area (Å²) in [6, 6.07) is 16.3. The second-order valence-corrected chi connectivity index (χ2v) is 8.07. The molecule has 4 nitrogen and oxygen atoms in total. The van der Waals surface area contributed by atoms with Crippen LogP contribution in [-0.2, 0) is 0 Å². The Balaban J connectivity index is 1.96. The highest BCUT2D eigenvalue weighted by Gasteiger charge is 2.08. The van der Waals surface area contributed by atoms with Gasteiger partial charge >= 0.3 is 0 Å². The number of allylic oxidation sites excluding steroid dienone is 1. The van der Waals surface area contributed by atoms with Crippen LogP contribution in [0.5, 0.6) is 5.75 Å². The van der Waals surface area contributed by atoms with Crippen molar-refractivity contribution in [1.82, 2.24) is 4.68 Å². The minimum absolute atomic E-state index is 0.194. The number of ether oxygens (including phenoxy) is 1. The molecule has 144 valence electrons. The highest BCUT2D eigenvalue weighted by atomic mass is 79.9. The van der Waals surface area contributed by atoms with Crippen LogP contribution < -0.4 is 9.54 Å². The van der Waals surface area contributed by atoms with Crippen molar-refractivity contribution < 1.29 is 4.74 Å². The van der Waals surface area contributed by atoms with Crippen molar-refractivity contribution in [2.75, 3.05) is 7.11 Å². The normalized spacial score (nSPS) is 12.5. The van der Waals surface area contributed by atoms with Crippen molar-refractivity contribution in [3.8, 4) is 17.0 Å². The predicted octanol–water partition coefficient (Wildman–Crippen LogP) is 5.84. The van der Waals surface area contributed by atoms with E-state index in [0.717, 1.165) is 31.8 Å². The summed E-state index contributed by atoms with van der Waals surface area (Å²) in [5, 5.41) is 6.75. The van der Waals surface area contributed by atoms with Crippen molar-refractivity contribution in [3.05, 3.63) is 74.8 Å². The Kier molecular flexibility index (Phi) is 7.01. The highest BCUT2D eigenvalue weighted by molar-refractivity contribution is 9.10. The van der Waals surface area contributed by atoms with Crippen LogP contribution in [0.15, 0.2) is 74.6 Å². The summed E-state index contributed by atoms with van der Waals surface area (Å²) >= 11 is 5.13. The van der Waals surface area contributed by atoms with Gasteiger partial charge < -0.3 is 4.74 Å². The van der Waals surface area contributed by atoms with E-state index in [0.29, 0.717) is 0 Å². The van der Waals surface area contributed by atoms with Crippen molar-refractivity contribution >= 4 is 39.6 Å². The molecule has 3 rings (SSSR count). The lowest BCUT2D eigenvalue weighted by molar-refractivity contribution is 0.414. The van der Waals surface area contributed by atoms with Crippen LogP contribution in [0.1, 0.15) is 19.4 Å². The first-order chi connectivity index (χ1) is 13.6. The lowest BCUT2D eigenvalue weighted by Crippen LogP contribution is -2.14. The van der Waals surface area contributed by atoms with Crippen LogP contribution >= 0.6 is 27.3 Å². The fraction of sp³-hybridized carbons (Fsp3) is 0.182. The minimum Gasteiger partial charge on any atom is -0.496 e. The third kappa shape index (κ3) is 5.09. The van der Waals surface area contributed by atoms with E-state index in [-0.39, 0.29) is 6.04 Å². The maximum absolute atomic E-state index is 5.38. The molecule has 0 N–H and O–H groups in total. The topological polar surface area (TPSA) is 38.9 Å². The summed E-state index contributed by atoms with van der Waals surface area (Å²) in [5.74, 6) is 0.834. The van der Waals surface area contributed by atoms with Gasteiger partial charge in [-0.15, -0.1) is 11.3 Å². The van der Waals surface area contributed by atoms with Crippen LogP contribution in [0.2, 0.25) is 0 Å². The zero-order chi connectivity index (χ0) is 19.9. The second-order valence-electron chi connectivity index (χ2n) is 6.31. The summed E-state index contributed by atoms with van der Waals surface area (Å²) in [6.45, 7) is 4.13. The maximum atomic E-state index is 5.38. The minimum atomic E-state index is 0.194. The van der Waals surface area contributed by atoms with Gasteiger partial charge in [-0.2, -0.15) is 5.10 Å². The number of halogens is 1. The average molecular weight is 456 g/mol. The third-order valence-corrected chi connectivity index (χ3v) is 5.18. The lowest BCUT2D eigenvalue weighted by Gasteiger charge is -2.04. The Bertz CT molecular complexity index is 1060. The Morgan fingerprint density at radius 1 is 1.14 bits per heavy atom. The molecule has 0 fully saturated rings. The van der Waals surface area contributed by atoms with Crippen LogP contribution in [0, 0.1) is 0 Å². The molecule has 0 unspecified atom stereocenters. The van der Waals surface area contributed by atoms with Gasteiger partial charge in [0, 0.05) is 33.2 Å². The molecule has 3 aromatic rings. The first-order valence-corrected chi connectivity index (χ1v) is 10.6. The van der Waals surface area contributed by atoms with Gasteiger partial charge in [-0.25, -0.2) is 4.68 Å². The maximum Gasteiger partial charge on any atom is 0.206 e. The van der Waals surface area contributed by atoms with E-state index in [9.17, 15) is 0 Å². The van der Waals surface area contributed by atoms with Crippen LogP contribution in [-0.4, -0.2) is 24.0 Å². The number of aromatic nitrogens is 1. The van der Waals surface area contributed by atoms with Crippen molar-refractivity contribution in [3.63, 3.8) is 0 Å². The average Bonchev–Trinajstić information content (AvgIpc) is 3.07. The van der Waals surface area contributed by atoms with E-state index < -0.39 is 0 Å². The standard InChI is InChI=1S/C22H22BrN3OS/c1-16(2)25-22-26(20(15-28-22)18-9-6-11-19(23)14-18)24-13-7-10-17-8-4-5-12-21(17)27-3/h4-16H,1-3H3/b10-7+,24-13-,25-22?. The number of hydrogen-bond acceptors (Lipinski definition) is 4. The Hall–Kier alpha value is -2.44. The zero-order valence-corrected chi connectivity index (χ0v) is 18.4. The first kappa shape index (κ1) is 20.3. The van der Waals surface area contributed by atoms with E-state index >= 15 is 0 Å². The third-order valence-electron chi connectivity index (χ3n) is 3.86. The second kappa shape index (κ2) is 9.66. The van der Waals surface area contributed by atoms with Gasteiger partial charge in [-0.05, 0) is 44.2 Å². The molecule has 0 amide bonds. The molecule has 2 aromatic carbocycles. The van der Waals surface area contributed by atoms with Gasteiger partial charge in [-0.3, -0.25) is 4.99 Å². The molecule has 0 atom stereocenters. The summed E-state index contributed by atoms with van der Waals surface area (Å²) in [5.41, 5.74) is 3.10. The summed E-state index contributed by atoms with van der Waals surface area (Å²) < 4.78 is 8.30. The van der Waals surface area contributed by atoms with E-state index in [2.05, 4.69) is 52.4 Å². The fourth-order valence-corrected chi connectivity index (χ4v) is 3.99. The number of benzene rings is 2. The lowest BCUT2D eigenvalue weighted by atomic mass is 10.2. The van der Waals surface area contributed by atoms with Gasteiger partial charge in [0.25, 0.3) is 0 Å². The molecule has 0 radical (unpaired) electrons. The van der Waals surface area contributed by atoms with Crippen molar-refractivity contribution in [1.29, 1.82) is 0 Å². The molecule has 1 aromatic heterocycles. The number of hydrogen-bond donors (Lipinski definition) is 0. The SMILES string of the molecule is COc1ccccc1/C=C/C=N\n1c(-c2cccc(Br)c2)csc1=NC(C)C. The van der Waals surface area contributed by atoms with Crippen molar-refractivity contribution in [2.45, 2.75) is 19.9 Å². The number of para-hydroxylation sites is 1. The largest absolute Gasteiger partial charge is 0.496 e. The molecule has 0 aliphatic heterocycles. The number of rotatable bonds is 6. The zero-order valence-electron chi connectivity index (χ0n) is 16.0. The van der Waals surface area contributed by atoms with Gasteiger partial charge in [0.05, 0.1) is 12.8 Å². The Morgan fingerprint density at radius 2 is 1.96 bits per heavy atom. The Morgan fingerprint density at radius 3 is 2.71 bits per heavy atom. The molecule has 1 heterocycles. The molecule has 0 aliphatic rings. The quantitative estimate of drug-likeness (QED) is 0.429. The molecule has 6 heteroatoms. The van der Waals surface area contributed by atoms with Gasteiger partial charge in [-0.1, -0.05) is 46.3 Å². The number of methoxy groups -OCH3 is 1. The van der Waals surface area contributed by atoms with E-state index in [1.54, 1.807) is 24.7 Å². The Labute approximate surface area is 177 Å². The van der Waals surface area contributed by atoms with Crippen molar-refractivity contribution in [2.24, 2.45) is 10.1 Å². The predicted molar refractivity (Wildman–Crippen MR) is 122 cm³/mol. The summed E-state index contributed by atoms with van der Waals surface area (Å²) in [6.07, 6.45) is 5.67. The molecule has 0 bridgehead atoms. The van der Waals surface area contributed by atoms with Gasteiger partial charge in [0.2, 0.25) is 4.80 Å². The van der Waals surface area contributed by atoms with Crippen LogP contribution in [0.3, 0.4) is 0 Å². The summed E-state index contributed by atoms with van der Waals surface area (Å²) in [7, 11) is 1.67. The monoisotopic (exact) mass is 455 g/mol. The van der Waals surface area contributed by atoms with E-state index in [1.165, 1.54) is 0 Å². The molecule has 0 saturated heterocycles. The fourth-order valence-electron chi connectivity index (χ4n) is 2.62. The van der Waals surface area contributed by atoms with Gasteiger partial charge in [0.15, 0.2) is 0 Å². The number of nitrogens with zero attached hydrogens (tertiary/aromatic N) is 3. The first-order valence-electron chi connectivity index (χ1n) is 8.93. The molecular weight excluding hydrogens is 434 g/mol. The molecule has 28 heavy (non-hydrogen) atoms. The highest BCUT2D eigenvalue weighted by Crippen LogP contribution is 2.23. The smallest absolute Gasteiger partial charge is 0.206 e.